The third kappa shape index (κ3) is 3.64. The van der Waals surface area contributed by atoms with Crippen LogP contribution in [0, 0.1) is 0 Å². The molecule has 6 rings (SSSR count). The molecule has 4 aromatic rings. The number of nitrogens with zero attached hydrogens (tertiary/aromatic N) is 7. The summed E-state index contributed by atoms with van der Waals surface area (Å²) in [7, 11) is 0. The number of rotatable bonds is 4. The molecule has 0 bridgehead atoms. The van der Waals surface area contributed by atoms with E-state index in [2.05, 4.69) is 44.3 Å². The van der Waals surface area contributed by atoms with Gasteiger partial charge in [-0.05, 0) is 49.3 Å². The van der Waals surface area contributed by atoms with Crippen LogP contribution in [-0.4, -0.2) is 61.0 Å². The zero-order valence-corrected chi connectivity index (χ0v) is 18.7. The summed E-state index contributed by atoms with van der Waals surface area (Å²) in [6, 6.07) is 13.8. The molecule has 1 atom stereocenters. The molecule has 5 heterocycles. The number of piperidine rings is 1. The van der Waals surface area contributed by atoms with Crippen LogP contribution in [0.1, 0.15) is 37.2 Å². The highest BCUT2D eigenvalue weighted by atomic mass is 16.3. The topological polar surface area (TPSA) is 119 Å². The van der Waals surface area contributed by atoms with Gasteiger partial charge in [0.25, 0.3) is 5.78 Å². The van der Waals surface area contributed by atoms with Gasteiger partial charge >= 0.3 is 0 Å². The molecule has 2 saturated heterocycles. The summed E-state index contributed by atoms with van der Waals surface area (Å²) in [5.41, 5.74) is 7.54. The number of furan rings is 1. The first-order valence-electron chi connectivity index (χ1n) is 11.7. The molecular weight excluding hydrogens is 432 g/mol. The second-order valence-corrected chi connectivity index (χ2v) is 8.87. The number of amides is 1. The van der Waals surface area contributed by atoms with E-state index < -0.39 is 0 Å². The van der Waals surface area contributed by atoms with Crippen molar-refractivity contribution in [2.24, 2.45) is 0 Å². The number of fused-ring (bicyclic) bond motifs is 1. The lowest BCUT2D eigenvalue weighted by Gasteiger charge is -2.35. The highest BCUT2D eigenvalue weighted by molar-refractivity contribution is 5.85. The number of benzene rings is 1. The number of hydrogen-bond acceptors (Lipinski definition) is 8. The molecule has 10 nitrogen and oxygen atoms in total. The fourth-order valence-corrected chi connectivity index (χ4v) is 5.06. The molecule has 0 aliphatic carbocycles. The first-order valence-corrected chi connectivity index (χ1v) is 11.7. The van der Waals surface area contributed by atoms with Crippen LogP contribution in [0.3, 0.4) is 0 Å². The normalized spacial score (nSPS) is 19.2. The second-order valence-electron chi connectivity index (χ2n) is 8.87. The summed E-state index contributed by atoms with van der Waals surface area (Å²) in [4.78, 5) is 30.9. The highest BCUT2D eigenvalue weighted by Gasteiger charge is 2.37. The van der Waals surface area contributed by atoms with Crippen LogP contribution in [0.25, 0.3) is 17.4 Å². The number of carbonyl (C=O) groups is 1. The van der Waals surface area contributed by atoms with Crippen LogP contribution < -0.4 is 10.6 Å². The maximum absolute atomic E-state index is 13.5. The minimum Gasteiger partial charge on any atom is -0.461 e. The predicted molar refractivity (Wildman–Crippen MR) is 126 cm³/mol. The lowest BCUT2D eigenvalue weighted by atomic mass is 9.89. The summed E-state index contributed by atoms with van der Waals surface area (Å²) in [6.07, 6.45) is 5.19. The summed E-state index contributed by atoms with van der Waals surface area (Å²) in [6.45, 7) is 2.23. The van der Waals surface area contributed by atoms with E-state index in [4.69, 9.17) is 10.2 Å². The summed E-state index contributed by atoms with van der Waals surface area (Å²) in [5.74, 6) is 2.48. The van der Waals surface area contributed by atoms with Crippen LogP contribution in [-0.2, 0) is 4.79 Å². The molecule has 10 heteroatoms. The van der Waals surface area contributed by atoms with Crippen molar-refractivity contribution in [1.82, 2.24) is 29.5 Å². The Balaban J connectivity index is 1.20. The van der Waals surface area contributed by atoms with Crippen molar-refractivity contribution in [2.45, 2.75) is 37.6 Å². The van der Waals surface area contributed by atoms with Crippen molar-refractivity contribution in [3.8, 4) is 11.6 Å². The average Bonchev–Trinajstić information content (AvgIpc) is 3.64. The Kier molecular flexibility index (Phi) is 5.12. The summed E-state index contributed by atoms with van der Waals surface area (Å²) >= 11 is 0. The van der Waals surface area contributed by atoms with Crippen molar-refractivity contribution in [1.29, 1.82) is 0 Å². The Morgan fingerprint density at radius 1 is 0.971 bits per heavy atom. The molecule has 2 fully saturated rings. The van der Waals surface area contributed by atoms with Gasteiger partial charge in [0, 0.05) is 19.6 Å². The Morgan fingerprint density at radius 2 is 1.79 bits per heavy atom. The molecule has 2 N–H and O–H groups in total. The molecule has 3 aromatic heterocycles. The molecule has 34 heavy (non-hydrogen) atoms. The van der Waals surface area contributed by atoms with Crippen molar-refractivity contribution in [3.05, 3.63) is 54.3 Å². The molecule has 2 aliphatic heterocycles. The maximum Gasteiger partial charge on any atom is 0.259 e. The van der Waals surface area contributed by atoms with Gasteiger partial charge in [-0.15, -0.1) is 5.10 Å². The molecular formula is C24H26N8O2. The van der Waals surface area contributed by atoms with Gasteiger partial charge in [-0.2, -0.15) is 19.5 Å². The van der Waals surface area contributed by atoms with Crippen molar-refractivity contribution < 1.29 is 9.21 Å². The van der Waals surface area contributed by atoms with Gasteiger partial charge in [0.05, 0.1) is 6.26 Å². The lowest BCUT2D eigenvalue weighted by molar-refractivity contribution is -0.133. The van der Waals surface area contributed by atoms with E-state index >= 15 is 0 Å². The Bertz CT molecular complexity index is 1300. The molecule has 0 spiro atoms. The second kappa shape index (κ2) is 8.44. The predicted octanol–water partition coefficient (Wildman–Crippen LogP) is 2.74. The zero-order chi connectivity index (χ0) is 23.1. The number of likely N-dealkylation sites (tertiary alicyclic amines) is 1. The standard InChI is InChI=1S/C24H26N8O2/c25-22-27-23(28-24-26-20(29-32(22)24)19-9-5-15-34-19)31-12-4-8-18(31)21(33)30-13-10-17(11-14-30)16-6-2-1-3-7-16/h1-3,5-7,9,15,17-18H,4,8,10-14H2,(H2,25,26,27,28,29)/t18-/m0/s1. The molecule has 2 aliphatic rings. The lowest BCUT2D eigenvalue weighted by Crippen LogP contribution is -2.48. The van der Waals surface area contributed by atoms with E-state index in [1.807, 2.05) is 15.9 Å². The SMILES string of the molecule is Nc1nc(N2CCC[C@H]2C(=O)N2CCC(c3ccccc3)CC2)nc2nc(-c3ccco3)nn12. The van der Waals surface area contributed by atoms with Crippen molar-refractivity contribution >= 4 is 23.6 Å². The van der Waals surface area contributed by atoms with Crippen molar-refractivity contribution in [2.75, 3.05) is 30.3 Å². The number of anilines is 2. The third-order valence-corrected chi connectivity index (χ3v) is 6.84. The van der Waals surface area contributed by atoms with Gasteiger partial charge in [-0.1, -0.05) is 30.3 Å². The molecule has 1 aromatic carbocycles. The van der Waals surface area contributed by atoms with Gasteiger partial charge < -0.3 is 20.0 Å². The minimum atomic E-state index is -0.289. The monoisotopic (exact) mass is 458 g/mol. The van der Waals surface area contributed by atoms with E-state index in [0.717, 1.165) is 38.8 Å². The molecule has 0 saturated carbocycles. The highest BCUT2D eigenvalue weighted by Crippen LogP contribution is 2.31. The first-order chi connectivity index (χ1) is 16.7. The number of hydrogen-bond donors (Lipinski definition) is 1. The number of nitrogens with two attached hydrogens (primary N) is 1. The fourth-order valence-electron chi connectivity index (χ4n) is 5.06. The van der Waals surface area contributed by atoms with Gasteiger partial charge in [0.15, 0.2) is 5.76 Å². The minimum absolute atomic E-state index is 0.142. The summed E-state index contributed by atoms with van der Waals surface area (Å²) in [5, 5.41) is 4.35. The molecule has 0 unspecified atom stereocenters. The van der Waals surface area contributed by atoms with Crippen LogP contribution in [0.15, 0.2) is 53.1 Å². The molecule has 0 radical (unpaired) electrons. The number of carbonyl (C=O) groups excluding carboxylic acids is 1. The fraction of sp³-hybridized carbons (Fsp3) is 0.375. The first kappa shape index (κ1) is 20.6. The quantitative estimate of drug-likeness (QED) is 0.496. The van der Waals surface area contributed by atoms with E-state index in [-0.39, 0.29) is 17.9 Å². The van der Waals surface area contributed by atoms with Crippen LogP contribution in [0.4, 0.5) is 11.9 Å². The van der Waals surface area contributed by atoms with Crippen LogP contribution >= 0.6 is 0 Å². The Morgan fingerprint density at radius 3 is 2.56 bits per heavy atom. The van der Waals surface area contributed by atoms with Gasteiger partial charge in [0.2, 0.25) is 23.6 Å². The molecule has 174 valence electrons. The largest absolute Gasteiger partial charge is 0.461 e. The van der Waals surface area contributed by atoms with Crippen LogP contribution in [0.2, 0.25) is 0 Å². The van der Waals surface area contributed by atoms with Gasteiger partial charge in [-0.25, -0.2) is 0 Å². The average molecular weight is 459 g/mol. The van der Waals surface area contributed by atoms with Crippen molar-refractivity contribution in [3.63, 3.8) is 0 Å². The Hall–Kier alpha value is -3.95. The number of aromatic nitrogens is 5. The van der Waals surface area contributed by atoms with Gasteiger partial charge in [-0.3, -0.25) is 4.79 Å². The van der Waals surface area contributed by atoms with Gasteiger partial charge in [0.1, 0.15) is 6.04 Å². The Labute approximate surface area is 196 Å². The molecule has 1 amide bonds. The van der Waals surface area contributed by atoms with E-state index in [1.54, 1.807) is 18.4 Å². The zero-order valence-electron chi connectivity index (χ0n) is 18.7. The number of nitrogen functional groups attached to an aromatic ring is 1. The third-order valence-electron chi connectivity index (χ3n) is 6.84. The van der Waals surface area contributed by atoms with E-state index in [1.165, 1.54) is 10.1 Å². The van der Waals surface area contributed by atoms with E-state index in [9.17, 15) is 4.79 Å². The van der Waals surface area contributed by atoms with Crippen LogP contribution in [0.5, 0.6) is 0 Å². The smallest absolute Gasteiger partial charge is 0.259 e. The maximum atomic E-state index is 13.5. The summed E-state index contributed by atoms with van der Waals surface area (Å²) < 4.78 is 6.77. The van der Waals surface area contributed by atoms with E-state index in [0.29, 0.717) is 35.8 Å².